The molecule has 2 aliphatic rings. The molecule has 10 nitrogen and oxygen atoms in total. The number of nitrogens with zero attached hydrogens (tertiary/aromatic N) is 4. The number of aliphatic hydroxyl groups excluding tert-OH is 1. The van der Waals surface area contributed by atoms with E-state index in [-0.39, 0.29) is 43.8 Å². The van der Waals surface area contributed by atoms with E-state index in [1.54, 1.807) is 29.3 Å². The Bertz CT molecular complexity index is 1370. The molecule has 0 unspecified atom stereocenters. The van der Waals surface area contributed by atoms with Crippen molar-refractivity contribution in [2.45, 2.75) is 76.3 Å². The monoisotopic (exact) mass is 593 g/mol. The molecule has 2 N–H and O–H groups in total. The summed E-state index contributed by atoms with van der Waals surface area (Å²) in [5.74, 6) is 0.612. The molecule has 5 rings (SSSR count). The Balaban J connectivity index is 1.33. The van der Waals surface area contributed by atoms with Gasteiger partial charge in [0.2, 0.25) is 5.91 Å². The number of amides is 2. The molecule has 1 aromatic carbocycles. The Morgan fingerprint density at radius 1 is 1.14 bits per heavy atom. The Morgan fingerprint density at radius 2 is 1.95 bits per heavy atom. The van der Waals surface area contributed by atoms with Crippen LogP contribution in [0, 0.1) is 5.92 Å². The van der Waals surface area contributed by atoms with Gasteiger partial charge in [0.05, 0.1) is 23.3 Å². The van der Waals surface area contributed by atoms with Gasteiger partial charge in [-0.15, -0.1) is 0 Å². The molecule has 0 bridgehead atoms. The maximum absolute atomic E-state index is 13.0. The molecule has 1 saturated carbocycles. The minimum atomic E-state index is -1.22. The van der Waals surface area contributed by atoms with Gasteiger partial charge < -0.3 is 24.8 Å². The predicted octanol–water partition coefficient (Wildman–Crippen LogP) is 5.09. The Morgan fingerprint density at radius 3 is 2.67 bits per heavy atom. The van der Waals surface area contributed by atoms with Gasteiger partial charge in [-0.2, -0.15) is 5.10 Å². The summed E-state index contributed by atoms with van der Waals surface area (Å²) >= 11 is 0. The van der Waals surface area contributed by atoms with E-state index >= 15 is 0 Å². The van der Waals surface area contributed by atoms with Gasteiger partial charge in [0, 0.05) is 51.6 Å². The van der Waals surface area contributed by atoms with Crippen molar-refractivity contribution in [2.75, 3.05) is 31.9 Å². The van der Waals surface area contributed by atoms with Crippen LogP contribution in [0.2, 0.25) is 25.7 Å². The van der Waals surface area contributed by atoms with E-state index < -0.39 is 8.07 Å². The summed E-state index contributed by atoms with van der Waals surface area (Å²) in [7, 11) is -1.22. The number of nitrogens with one attached hydrogen (secondary N) is 1. The lowest BCUT2D eigenvalue weighted by Crippen LogP contribution is -2.39. The van der Waals surface area contributed by atoms with Crippen LogP contribution in [0.1, 0.15) is 55.1 Å². The summed E-state index contributed by atoms with van der Waals surface area (Å²) in [6, 6.07) is 10.2. The molecule has 1 aliphatic heterocycles. The molecule has 2 amide bonds. The lowest BCUT2D eigenvalue weighted by atomic mass is 9.87. The first-order valence-electron chi connectivity index (χ1n) is 15.1. The standard InChI is InChI=1S/C31H43N5O5Si/c1-42(2,3)15-14-40-21-35-25(11-12-30(35)38)20-41-29-17-27-23(16-28(29)33-31(39)26-6-4-5-13-32-26)18-36(34-27)24-9-7-22(19-37)8-10-24/h4-6,13,16-18,22,24-25,37H,7-12,14-15,19-21H2,1-3H3,(H,33,39)/t22?,24?,25-/m0/s1. The molecule has 1 saturated heterocycles. The maximum Gasteiger partial charge on any atom is 0.274 e. The molecule has 0 radical (unpaired) electrons. The zero-order valence-electron chi connectivity index (χ0n) is 24.9. The fourth-order valence-electron chi connectivity index (χ4n) is 5.62. The van der Waals surface area contributed by atoms with E-state index in [0.29, 0.717) is 42.5 Å². The summed E-state index contributed by atoms with van der Waals surface area (Å²) in [4.78, 5) is 31.6. The van der Waals surface area contributed by atoms with Crippen LogP contribution in [0.5, 0.6) is 5.75 Å². The topological polar surface area (TPSA) is 119 Å². The van der Waals surface area contributed by atoms with E-state index in [4.69, 9.17) is 14.6 Å². The average molecular weight is 594 g/mol. The summed E-state index contributed by atoms with van der Waals surface area (Å²) in [6.07, 6.45) is 8.67. The van der Waals surface area contributed by atoms with Crippen molar-refractivity contribution in [3.63, 3.8) is 0 Å². The summed E-state index contributed by atoms with van der Waals surface area (Å²) in [5.41, 5.74) is 1.62. The first-order chi connectivity index (χ1) is 20.2. The third-order valence-electron chi connectivity index (χ3n) is 8.33. The zero-order chi connectivity index (χ0) is 29.7. The molecule has 1 atom stereocenters. The SMILES string of the molecule is C[Si](C)(C)CCOCN1C(=O)CC[C@H]1COc1cc2nn(C3CCC(CO)CC3)cc2cc1NC(=O)c1ccccn1. The number of aromatic nitrogens is 3. The highest BCUT2D eigenvalue weighted by molar-refractivity contribution is 6.76. The van der Waals surface area contributed by atoms with E-state index in [1.165, 1.54) is 0 Å². The third-order valence-corrected chi connectivity index (χ3v) is 10.0. The fraction of sp³-hybridized carbons (Fsp3) is 0.548. The van der Waals surface area contributed by atoms with E-state index in [2.05, 4.69) is 29.9 Å². The lowest BCUT2D eigenvalue weighted by Gasteiger charge is -2.27. The first kappa shape index (κ1) is 30.2. The number of fused-ring (bicyclic) bond motifs is 1. The predicted molar refractivity (Wildman–Crippen MR) is 164 cm³/mol. The number of hydrogen-bond donors (Lipinski definition) is 2. The van der Waals surface area contributed by atoms with Crippen molar-refractivity contribution in [1.82, 2.24) is 19.7 Å². The van der Waals surface area contributed by atoms with Gasteiger partial charge >= 0.3 is 0 Å². The van der Waals surface area contributed by atoms with Crippen LogP contribution in [0.15, 0.2) is 42.7 Å². The Hall–Kier alpha value is -3.28. The molecule has 2 aromatic heterocycles. The van der Waals surface area contributed by atoms with Gasteiger partial charge in [0.1, 0.15) is 24.8 Å². The van der Waals surface area contributed by atoms with Crippen LogP contribution in [-0.2, 0) is 9.53 Å². The van der Waals surface area contributed by atoms with Gasteiger partial charge in [-0.05, 0) is 62.3 Å². The van der Waals surface area contributed by atoms with E-state index in [0.717, 1.165) is 42.6 Å². The maximum atomic E-state index is 13.0. The van der Waals surface area contributed by atoms with Crippen molar-refractivity contribution in [1.29, 1.82) is 0 Å². The molecule has 42 heavy (non-hydrogen) atoms. The second-order valence-corrected chi connectivity index (χ2v) is 18.4. The minimum Gasteiger partial charge on any atom is -0.489 e. The number of rotatable bonds is 12. The molecular weight excluding hydrogens is 550 g/mol. The summed E-state index contributed by atoms with van der Waals surface area (Å²) < 4.78 is 14.2. The van der Waals surface area contributed by atoms with Gasteiger partial charge in [-0.3, -0.25) is 19.3 Å². The number of carbonyl (C=O) groups is 2. The Kier molecular flexibility index (Phi) is 9.59. The molecule has 1 aliphatic carbocycles. The summed E-state index contributed by atoms with van der Waals surface area (Å²) in [5, 5.41) is 18.3. The van der Waals surface area contributed by atoms with Crippen molar-refractivity contribution < 1.29 is 24.2 Å². The highest BCUT2D eigenvalue weighted by Gasteiger charge is 2.32. The third kappa shape index (κ3) is 7.56. The normalized spacial score (nSPS) is 21.2. The average Bonchev–Trinajstić information content (AvgIpc) is 3.56. The molecule has 3 heterocycles. The van der Waals surface area contributed by atoms with Crippen LogP contribution < -0.4 is 10.1 Å². The molecule has 11 heteroatoms. The second-order valence-electron chi connectivity index (χ2n) is 12.8. The van der Waals surface area contributed by atoms with E-state index in [1.807, 2.05) is 23.0 Å². The molecule has 2 fully saturated rings. The lowest BCUT2D eigenvalue weighted by molar-refractivity contribution is -0.134. The highest BCUT2D eigenvalue weighted by Crippen LogP contribution is 2.35. The number of anilines is 1. The van der Waals surface area contributed by atoms with Crippen LogP contribution >= 0.6 is 0 Å². The van der Waals surface area contributed by atoms with E-state index in [9.17, 15) is 14.7 Å². The largest absolute Gasteiger partial charge is 0.489 e. The van der Waals surface area contributed by atoms with Crippen molar-refractivity contribution in [3.8, 4) is 5.75 Å². The van der Waals surface area contributed by atoms with Gasteiger partial charge in [-0.25, -0.2) is 0 Å². The number of ether oxygens (including phenoxy) is 2. The fourth-order valence-corrected chi connectivity index (χ4v) is 6.38. The smallest absolute Gasteiger partial charge is 0.274 e. The van der Waals surface area contributed by atoms with Crippen LogP contribution in [0.25, 0.3) is 10.9 Å². The van der Waals surface area contributed by atoms with Gasteiger partial charge in [0.15, 0.2) is 0 Å². The Labute approximate surface area is 248 Å². The number of carbonyl (C=O) groups excluding carboxylic acids is 2. The van der Waals surface area contributed by atoms with Crippen LogP contribution in [0.4, 0.5) is 5.69 Å². The minimum absolute atomic E-state index is 0.0744. The highest BCUT2D eigenvalue weighted by atomic mass is 28.3. The van der Waals surface area contributed by atoms with Crippen LogP contribution in [-0.4, -0.2) is 77.3 Å². The van der Waals surface area contributed by atoms with Crippen LogP contribution in [0.3, 0.4) is 0 Å². The molecule has 3 aromatic rings. The number of benzene rings is 1. The van der Waals surface area contributed by atoms with Crippen molar-refractivity contribution >= 4 is 36.5 Å². The number of pyridine rings is 1. The first-order valence-corrected chi connectivity index (χ1v) is 18.8. The quantitative estimate of drug-likeness (QED) is 0.222. The van der Waals surface area contributed by atoms with Gasteiger partial charge in [-0.1, -0.05) is 25.7 Å². The molecule has 226 valence electrons. The second kappa shape index (κ2) is 13.3. The zero-order valence-corrected chi connectivity index (χ0v) is 25.9. The van der Waals surface area contributed by atoms with Crippen molar-refractivity contribution in [3.05, 3.63) is 48.4 Å². The number of likely N-dealkylation sites (tertiary alicyclic amines) is 1. The van der Waals surface area contributed by atoms with Gasteiger partial charge in [0.25, 0.3) is 5.91 Å². The number of aliphatic hydroxyl groups is 1. The molecular formula is C31H43N5O5Si. The number of hydrogen-bond acceptors (Lipinski definition) is 7. The molecule has 0 spiro atoms. The summed E-state index contributed by atoms with van der Waals surface area (Å²) in [6.45, 7) is 8.36. The van der Waals surface area contributed by atoms with Crippen molar-refractivity contribution in [2.24, 2.45) is 5.92 Å².